The minimum atomic E-state index is -5.86. The molecular weight excluding hydrogens is 461 g/mol. The van der Waals surface area contributed by atoms with Gasteiger partial charge < -0.3 is 9.47 Å². The number of halogens is 5. The van der Waals surface area contributed by atoms with E-state index in [1.807, 2.05) is 0 Å². The molecule has 0 aliphatic heterocycles. The summed E-state index contributed by atoms with van der Waals surface area (Å²) in [4.78, 5) is 21.7. The Morgan fingerprint density at radius 3 is 2.34 bits per heavy atom. The largest absolute Gasteiger partial charge is 0.459 e. The Morgan fingerprint density at radius 2 is 1.78 bits per heavy atom. The van der Waals surface area contributed by atoms with E-state index >= 15 is 0 Å². The molecular formula is C17H16F5N7O2S. The van der Waals surface area contributed by atoms with Crippen molar-refractivity contribution in [2.45, 2.75) is 17.0 Å². The lowest BCUT2D eigenvalue weighted by atomic mass is 10.2. The number of pyridine rings is 1. The predicted molar refractivity (Wildman–Crippen MR) is 105 cm³/mol. The standard InChI is InChI=1S/C17H16F5N7O2S/c1-28(2)15(30)25-11-6-5-9(32(4)31)12(24-11)14-23-8-7-10(16(18,19)17(20,21)22)26-27-13(8)29(14)3/h5-7H,1-4H3,(H,24,25,30). The maximum atomic E-state index is 13.7. The third-order valence-corrected chi connectivity index (χ3v) is 5.26. The fourth-order valence-electron chi connectivity index (χ4n) is 2.63. The van der Waals surface area contributed by atoms with Crippen LogP contribution < -0.4 is 5.32 Å². The van der Waals surface area contributed by atoms with Crippen LogP contribution in [0.2, 0.25) is 0 Å². The number of anilines is 1. The van der Waals surface area contributed by atoms with E-state index in [9.17, 15) is 31.0 Å². The highest BCUT2D eigenvalue weighted by Gasteiger charge is 2.60. The number of hydrogen-bond donors (Lipinski definition) is 1. The number of alkyl halides is 5. The molecule has 2 amide bonds. The summed E-state index contributed by atoms with van der Waals surface area (Å²) in [5.74, 6) is -5.17. The van der Waals surface area contributed by atoms with Crippen LogP contribution in [-0.4, -0.2) is 66.4 Å². The lowest BCUT2D eigenvalue weighted by Gasteiger charge is -2.17. The van der Waals surface area contributed by atoms with E-state index in [1.165, 1.54) is 49.0 Å². The zero-order chi connectivity index (χ0) is 24.0. The second-order valence-corrected chi connectivity index (χ2v) is 8.18. The molecule has 9 nitrogen and oxygen atoms in total. The number of carbonyl (C=O) groups is 1. The van der Waals surface area contributed by atoms with Crippen molar-refractivity contribution in [2.24, 2.45) is 7.05 Å². The van der Waals surface area contributed by atoms with Gasteiger partial charge in [-0.3, -0.25) is 9.53 Å². The number of nitrogens with one attached hydrogen (secondary N) is 1. The molecule has 3 rings (SSSR count). The number of aryl methyl sites for hydroxylation is 1. The third-order valence-electron chi connectivity index (χ3n) is 4.32. The van der Waals surface area contributed by atoms with Crippen LogP contribution in [0.25, 0.3) is 22.7 Å². The molecule has 0 aliphatic carbocycles. The fraction of sp³-hybridized carbons (Fsp3) is 0.353. The molecule has 3 heterocycles. The van der Waals surface area contributed by atoms with Gasteiger partial charge in [-0.25, -0.2) is 14.8 Å². The van der Waals surface area contributed by atoms with Crippen LogP contribution >= 0.6 is 0 Å². The predicted octanol–water partition coefficient (Wildman–Crippen LogP) is 2.91. The van der Waals surface area contributed by atoms with E-state index in [4.69, 9.17) is 0 Å². The number of rotatable bonds is 4. The summed E-state index contributed by atoms with van der Waals surface area (Å²) < 4.78 is 78.9. The second kappa shape index (κ2) is 8.03. The first-order valence-corrected chi connectivity index (χ1v) is 10.3. The van der Waals surface area contributed by atoms with Gasteiger partial charge in [-0.15, -0.1) is 10.2 Å². The zero-order valence-electron chi connectivity index (χ0n) is 17.0. The zero-order valence-corrected chi connectivity index (χ0v) is 17.8. The molecule has 15 heteroatoms. The van der Waals surface area contributed by atoms with Crippen LogP contribution in [0.15, 0.2) is 23.1 Å². The molecule has 0 fully saturated rings. The van der Waals surface area contributed by atoms with Gasteiger partial charge in [0.1, 0.15) is 22.7 Å². The van der Waals surface area contributed by atoms with Crippen LogP contribution in [0.3, 0.4) is 0 Å². The van der Waals surface area contributed by atoms with Crippen molar-refractivity contribution in [2.75, 3.05) is 25.7 Å². The van der Waals surface area contributed by atoms with Gasteiger partial charge in [0.2, 0.25) is 0 Å². The number of urea groups is 1. The van der Waals surface area contributed by atoms with E-state index in [2.05, 4.69) is 25.5 Å². The van der Waals surface area contributed by atoms with Crippen LogP contribution in [0, 0.1) is 0 Å². The summed E-state index contributed by atoms with van der Waals surface area (Å²) >= 11 is 0. The third kappa shape index (κ3) is 4.11. The number of fused-ring (bicyclic) bond motifs is 1. The average molecular weight is 477 g/mol. The summed E-state index contributed by atoms with van der Waals surface area (Å²) in [5, 5.41) is 8.99. The van der Waals surface area contributed by atoms with Gasteiger partial charge >= 0.3 is 18.1 Å². The summed E-state index contributed by atoms with van der Waals surface area (Å²) in [6.45, 7) is 0. The minimum Gasteiger partial charge on any atom is -0.331 e. The highest BCUT2D eigenvalue weighted by molar-refractivity contribution is 7.84. The number of nitrogens with zero attached hydrogens (tertiary/aromatic N) is 6. The van der Waals surface area contributed by atoms with E-state index in [1.54, 1.807) is 0 Å². The molecule has 0 spiro atoms. The summed E-state index contributed by atoms with van der Waals surface area (Å²) in [6.07, 6.45) is -4.50. The Hall–Kier alpha value is -3.23. The monoisotopic (exact) mass is 477 g/mol. The highest BCUT2D eigenvalue weighted by Crippen LogP contribution is 2.43. The topological polar surface area (TPSA) is 106 Å². The normalized spacial score (nSPS) is 13.3. The maximum absolute atomic E-state index is 13.7. The molecule has 1 unspecified atom stereocenters. The quantitative estimate of drug-likeness (QED) is 0.580. The molecule has 1 N–H and O–H groups in total. The molecule has 3 aromatic heterocycles. The summed E-state index contributed by atoms with van der Waals surface area (Å²) in [6, 6.07) is 2.83. The van der Waals surface area contributed by atoms with Crippen LogP contribution in [0.5, 0.6) is 0 Å². The molecule has 0 saturated heterocycles. The number of carbonyl (C=O) groups excluding carboxylic acids is 1. The van der Waals surface area contributed by atoms with Crippen LogP contribution in [0.1, 0.15) is 5.69 Å². The van der Waals surface area contributed by atoms with Gasteiger partial charge in [0, 0.05) is 27.4 Å². The first-order chi connectivity index (χ1) is 14.7. The van der Waals surface area contributed by atoms with Crippen LogP contribution in [0.4, 0.5) is 32.6 Å². The SMILES string of the molecule is CN(C)C(=O)Nc1ccc(S(C)=O)c(-c2nc3cc(C(F)(F)C(F)(F)F)nnc3n2C)n1. The summed E-state index contributed by atoms with van der Waals surface area (Å²) in [7, 11) is 2.85. The van der Waals surface area contributed by atoms with Crippen molar-refractivity contribution in [3.05, 3.63) is 23.9 Å². The molecule has 0 radical (unpaired) electrons. The Bertz CT molecular complexity index is 1230. The molecule has 0 bridgehead atoms. The van der Waals surface area contributed by atoms with Crippen LogP contribution in [-0.2, 0) is 23.8 Å². The van der Waals surface area contributed by atoms with Gasteiger partial charge in [0.15, 0.2) is 11.5 Å². The fourth-order valence-corrected chi connectivity index (χ4v) is 3.29. The number of amides is 2. The smallest absolute Gasteiger partial charge is 0.331 e. The maximum Gasteiger partial charge on any atom is 0.459 e. The Balaban J connectivity index is 2.17. The van der Waals surface area contributed by atoms with Crippen molar-refractivity contribution in [3.63, 3.8) is 0 Å². The molecule has 0 aromatic carbocycles. The molecule has 172 valence electrons. The summed E-state index contributed by atoms with van der Waals surface area (Å²) in [5.41, 5.74) is -1.98. The van der Waals surface area contributed by atoms with Crippen molar-refractivity contribution in [1.82, 2.24) is 29.6 Å². The van der Waals surface area contributed by atoms with E-state index < -0.39 is 34.6 Å². The second-order valence-electron chi connectivity index (χ2n) is 6.83. The molecule has 32 heavy (non-hydrogen) atoms. The minimum absolute atomic E-state index is 0.0204. The number of imidazole rings is 1. The lowest BCUT2D eigenvalue weighted by molar-refractivity contribution is -0.291. The Kier molecular flexibility index (Phi) is 5.88. The van der Waals surface area contributed by atoms with Gasteiger partial charge in [0.05, 0.1) is 15.7 Å². The molecule has 0 aliphatic rings. The first kappa shape index (κ1) is 23.4. The van der Waals surface area contributed by atoms with Crippen molar-refractivity contribution in [3.8, 4) is 11.5 Å². The van der Waals surface area contributed by atoms with Gasteiger partial charge in [0.25, 0.3) is 0 Å². The molecule has 1 atom stereocenters. The van der Waals surface area contributed by atoms with Crippen molar-refractivity contribution in [1.29, 1.82) is 0 Å². The lowest BCUT2D eigenvalue weighted by Crippen LogP contribution is -2.34. The van der Waals surface area contributed by atoms with E-state index in [0.717, 1.165) is 0 Å². The van der Waals surface area contributed by atoms with Gasteiger partial charge in [-0.2, -0.15) is 22.0 Å². The Morgan fingerprint density at radius 1 is 1.12 bits per heavy atom. The van der Waals surface area contributed by atoms with Gasteiger partial charge in [-0.05, 0) is 18.2 Å². The first-order valence-electron chi connectivity index (χ1n) is 8.72. The van der Waals surface area contributed by atoms with E-state index in [-0.39, 0.29) is 33.4 Å². The highest BCUT2D eigenvalue weighted by atomic mass is 32.2. The molecule has 0 saturated carbocycles. The average Bonchev–Trinajstić information content (AvgIpc) is 3.02. The molecule has 3 aromatic rings. The van der Waals surface area contributed by atoms with Gasteiger partial charge in [-0.1, -0.05) is 0 Å². The van der Waals surface area contributed by atoms with E-state index in [0.29, 0.717) is 6.07 Å². The van der Waals surface area contributed by atoms with Crippen molar-refractivity contribution < 1.29 is 31.0 Å². The van der Waals surface area contributed by atoms with Crippen molar-refractivity contribution >= 4 is 33.8 Å². The number of hydrogen-bond acceptors (Lipinski definition) is 6. The number of aromatic nitrogens is 5. The Labute approximate surface area is 180 Å².